The number of hydrogen-bond donors (Lipinski definition) is 0. The monoisotopic (exact) mass is 190 g/mol. The molecule has 0 aliphatic carbocycles. The highest BCUT2D eigenvalue weighted by molar-refractivity contribution is 5.20. The van der Waals surface area contributed by atoms with Crippen LogP contribution in [0.5, 0.6) is 0 Å². The number of piperidine rings is 1. The molecule has 0 saturated carbocycles. The van der Waals surface area contributed by atoms with Crippen molar-refractivity contribution in [3.8, 4) is 0 Å². The summed E-state index contributed by atoms with van der Waals surface area (Å²) in [5, 5.41) is 0. The van der Waals surface area contributed by atoms with Crippen LogP contribution in [0.2, 0.25) is 0 Å². The molecule has 4 atom stereocenters. The number of aromatic nitrogens is 1. The van der Waals surface area contributed by atoms with Crippen LogP contribution in [0, 0.1) is 5.92 Å². The van der Waals surface area contributed by atoms with E-state index in [9.17, 15) is 0 Å². The summed E-state index contributed by atoms with van der Waals surface area (Å²) in [6.07, 6.45) is 3.57. The molecule has 76 valence electrons. The van der Waals surface area contributed by atoms with Crippen LogP contribution in [-0.4, -0.2) is 28.6 Å². The van der Waals surface area contributed by atoms with Crippen LogP contribution in [0.25, 0.3) is 0 Å². The second-order valence-electron chi connectivity index (χ2n) is 4.85. The number of aryl methyl sites for hydroxylation is 1. The zero-order valence-corrected chi connectivity index (χ0v) is 8.98. The Morgan fingerprint density at radius 1 is 1.43 bits per heavy atom. The minimum absolute atomic E-state index is 0.752. The molecule has 0 spiro atoms. The Morgan fingerprint density at radius 2 is 2.29 bits per heavy atom. The third-order valence-corrected chi connectivity index (χ3v) is 4.19. The molecule has 3 unspecified atom stereocenters. The molecular formula is C12H18N2. The average molecular weight is 190 g/mol. The third-order valence-electron chi connectivity index (χ3n) is 4.19. The highest BCUT2D eigenvalue weighted by atomic mass is 15.2. The van der Waals surface area contributed by atoms with Gasteiger partial charge in [0.1, 0.15) is 0 Å². The van der Waals surface area contributed by atoms with Crippen LogP contribution in [-0.2, 0) is 7.05 Å². The van der Waals surface area contributed by atoms with E-state index in [1.165, 1.54) is 25.2 Å². The van der Waals surface area contributed by atoms with Crippen LogP contribution in [0.15, 0.2) is 18.3 Å². The van der Waals surface area contributed by atoms with Crippen molar-refractivity contribution in [2.45, 2.75) is 25.3 Å². The first-order valence-corrected chi connectivity index (χ1v) is 5.62. The van der Waals surface area contributed by atoms with Gasteiger partial charge in [0.05, 0.1) is 0 Å². The van der Waals surface area contributed by atoms with Crippen molar-refractivity contribution in [2.24, 2.45) is 13.0 Å². The Hall–Kier alpha value is -0.760. The van der Waals surface area contributed by atoms with E-state index in [4.69, 9.17) is 0 Å². The maximum absolute atomic E-state index is 2.64. The molecule has 2 saturated heterocycles. The maximum atomic E-state index is 2.64. The fourth-order valence-corrected chi connectivity index (χ4v) is 3.41. The molecule has 1 aromatic heterocycles. The number of fused-ring (bicyclic) bond motifs is 2. The molecule has 0 aromatic carbocycles. The van der Waals surface area contributed by atoms with Crippen molar-refractivity contribution in [1.82, 2.24) is 9.47 Å². The minimum atomic E-state index is 0.752. The molecule has 2 aliphatic rings. The minimum Gasteiger partial charge on any atom is -0.354 e. The zero-order valence-electron chi connectivity index (χ0n) is 8.98. The van der Waals surface area contributed by atoms with Gasteiger partial charge in [-0.1, -0.05) is 0 Å². The predicted molar refractivity (Wildman–Crippen MR) is 57.3 cm³/mol. The standard InChI is InChI=1S/C12H18N2/c1-9-12(10-5-7-14(9)8-10)11-4-3-6-13(11)2/h3-4,6,9-10,12H,5,7-8H2,1-2H3/t9-,10?,12?/m1/s1. The lowest BCUT2D eigenvalue weighted by Gasteiger charge is -2.29. The summed E-state index contributed by atoms with van der Waals surface area (Å²) < 4.78 is 2.29. The molecule has 2 bridgehead atoms. The molecule has 3 heterocycles. The van der Waals surface area contributed by atoms with Gasteiger partial charge in [0, 0.05) is 37.4 Å². The van der Waals surface area contributed by atoms with Gasteiger partial charge in [-0.3, -0.25) is 4.90 Å². The van der Waals surface area contributed by atoms with Gasteiger partial charge in [-0.2, -0.15) is 0 Å². The van der Waals surface area contributed by atoms with Crippen molar-refractivity contribution in [3.63, 3.8) is 0 Å². The summed E-state index contributed by atoms with van der Waals surface area (Å²) in [6.45, 7) is 5.04. The largest absolute Gasteiger partial charge is 0.354 e. The van der Waals surface area contributed by atoms with Crippen LogP contribution in [0.1, 0.15) is 25.0 Å². The summed E-state index contributed by atoms with van der Waals surface area (Å²) >= 11 is 0. The smallest absolute Gasteiger partial charge is 0.0221 e. The third kappa shape index (κ3) is 1.01. The first-order chi connectivity index (χ1) is 6.77. The van der Waals surface area contributed by atoms with Gasteiger partial charge in [0.15, 0.2) is 0 Å². The van der Waals surface area contributed by atoms with Crippen molar-refractivity contribution in [1.29, 1.82) is 0 Å². The van der Waals surface area contributed by atoms with E-state index in [2.05, 4.69) is 41.8 Å². The summed E-state index contributed by atoms with van der Waals surface area (Å²) in [5.41, 5.74) is 1.53. The van der Waals surface area contributed by atoms with Crippen molar-refractivity contribution in [3.05, 3.63) is 24.0 Å². The van der Waals surface area contributed by atoms with Gasteiger partial charge < -0.3 is 4.57 Å². The van der Waals surface area contributed by atoms with Crippen LogP contribution < -0.4 is 0 Å². The SMILES string of the molecule is C[C@@H]1C(c2cccn2C)C2CCN1C2. The van der Waals surface area contributed by atoms with E-state index in [-0.39, 0.29) is 0 Å². The zero-order chi connectivity index (χ0) is 9.71. The Labute approximate surface area is 85.5 Å². The summed E-state index contributed by atoms with van der Waals surface area (Å²) in [6, 6.07) is 5.22. The van der Waals surface area contributed by atoms with Gasteiger partial charge in [-0.25, -0.2) is 0 Å². The summed E-state index contributed by atoms with van der Waals surface area (Å²) in [5.74, 6) is 1.70. The van der Waals surface area contributed by atoms with Gasteiger partial charge in [-0.15, -0.1) is 0 Å². The van der Waals surface area contributed by atoms with Crippen LogP contribution in [0.4, 0.5) is 0 Å². The van der Waals surface area contributed by atoms with Crippen molar-refractivity contribution < 1.29 is 0 Å². The topological polar surface area (TPSA) is 8.17 Å². The van der Waals surface area contributed by atoms with Gasteiger partial charge in [0.2, 0.25) is 0 Å². The Morgan fingerprint density at radius 3 is 2.86 bits per heavy atom. The predicted octanol–water partition coefficient (Wildman–Crippen LogP) is 1.83. The van der Waals surface area contributed by atoms with Crippen molar-refractivity contribution >= 4 is 0 Å². The lowest BCUT2D eigenvalue weighted by molar-refractivity contribution is 0.252. The molecule has 0 amide bonds. The van der Waals surface area contributed by atoms with E-state index in [1.54, 1.807) is 0 Å². The van der Waals surface area contributed by atoms with Crippen molar-refractivity contribution in [2.75, 3.05) is 13.1 Å². The first-order valence-electron chi connectivity index (χ1n) is 5.62. The van der Waals surface area contributed by atoms with E-state index >= 15 is 0 Å². The highest BCUT2D eigenvalue weighted by Crippen LogP contribution is 2.44. The molecule has 2 heteroatoms. The van der Waals surface area contributed by atoms with E-state index in [1.807, 2.05) is 0 Å². The maximum Gasteiger partial charge on any atom is 0.0221 e. The lowest BCUT2D eigenvalue weighted by atomic mass is 9.85. The Bertz CT molecular complexity index is 340. The fourth-order valence-electron chi connectivity index (χ4n) is 3.41. The van der Waals surface area contributed by atoms with E-state index in [0.717, 1.165) is 17.9 Å². The molecule has 2 aliphatic heterocycles. The van der Waals surface area contributed by atoms with Gasteiger partial charge in [-0.05, 0) is 37.9 Å². The quantitative estimate of drug-likeness (QED) is 0.656. The van der Waals surface area contributed by atoms with E-state index in [0.29, 0.717) is 0 Å². The average Bonchev–Trinajstić information content (AvgIpc) is 2.81. The highest BCUT2D eigenvalue weighted by Gasteiger charge is 2.44. The summed E-state index contributed by atoms with van der Waals surface area (Å²) in [4.78, 5) is 2.64. The van der Waals surface area contributed by atoms with Gasteiger partial charge in [0.25, 0.3) is 0 Å². The second-order valence-corrected chi connectivity index (χ2v) is 4.85. The molecule has 2 nitrogen and oxygen atoms in total. The Balaban J connectivity index is 1.96. The lowest BCUT2D eigenvalue weighted by Crippen LogP contribution is -2.32. The molecule has 3 rings (SSSR count). The summed E-state index contributed by atoms with van der Waals surface area (Å²) in [7, 11) is 2.17. The number of rotatable bonds is 1. The molecule has 0 N–H and O–H groups in total. The molecule has 14 heavy (non-hydrogen) atoms. The normalized spacial score (nSPS) is 40.7. The Kier molecular flexibility index (Phi) is 1.75. The molecule has 0 radical (unpaired) electrons. The molecule has 2 fully saturated rings. The molecular weight excluding hydrogens is 172 g/mol. The fraction of sp³-hybridized carbons (Fsp3) is 0.667. The van der Waals surface area contributed by atoms with Gasteiger partial charge >= 0.3 is 0 Å². The van der Waals surface area contributed by atoms with E-state index < -0.39 is 0 Å². The second kappa shape index (κ2) is 2.86. The van der Waals surface area contributed by atoms with Crippen LogP contribution >= 0.6 is 0 Å². The first kappa shape index (κ1) is 8.54. The molecule has 1 aromatic rings. The van der Waals surface area contributed by atoms with Crippen LogP contribution in [0.3, 0.4) is 0 Å². The number of hydrogen-bond acceptors (Lipinski definition) is 1. The number of nitrogens with zero attached hydrogens (tertiary/aromatic N) is 2.